The summed E-state index contributed by atoms with van der Waals surface area (Å²) in [7, 11) is 3.36. The molecule has 0 aliphatic carbocycles. The molecule has 0 saturated carbocycles. The molecule has 2 aromatic rings. The Kier molecular flexibility index (Phi) is 6.53. The van der Waals surface area contributed by atoms with Crippen molar-refractivity contribution in [3.63, 3.8) is 0 Å². The van der Waals surface area contributed by atoms with E-state index in [0.29, 0.717) is 11.8 Å². The first-order chi connectivity index (χ1) is 11.5. The molecule has 1 atom stereocenters. The average Bonchev–Trinajstić information content (AvgIpc) is 2.59. The summed E-state index contributed by atoms with van der Waals surface area (Å²) in [5, 5.41) is 3.48. The predicted molar refractivity (Wildman–Crippen MR) is 101 cm³/mol. The minimum absolute atomic E-state index is 0.411. The minimum atomic E-state index is 0.411. The standard InChI is InChI=1S/C21H29NO2/c1-15(2)12-17-6-8-18(9-7-17)16(3)14-22-20-13-19(23-4)10-11-21(20)24-5/h6-11,13,15-16,22H,12,14H2,1-5H3. The maximum absolute atomic E-state index is 5.42. The normalized spacial score (nSPS) is 12.1. The van der Waals surface area contributed by atoms with E-state index in [1.54, 1.807) is 14.2 Å². The molecule has 0 heterocycles. The van der Waals surface area contributed by atoms with Crippen molar-refractivity contribution in [1.29, 1.82) is 0 Å². The van der Waals surface area contributed by atoms with Crippen LogP contribution in [0, 0.1) is 5.92 Å². The molecule has 0 aliphatic heterocycles. The van der Waals surface area contributed by atoms with E-state index >= 15 is 0 Å². The van der Waals surface area contributed by atoms with Gasteiger partial charge in [0, 0.05) is 12.6 Å². The van der Waals surface area contributed by atoms with Crippen molar-refractivity contribution in [2.75, 3.05) is 26.1 Å². The summed E-state index contributed by atoms with van der Waals surface area (Å²) in [6.45, 7) is 7.58. The van der Waals surface area contributed by atoms with Gasteiger partial charge in [0.05, 0.1) is 19.9 Å². The van der Waals surface area contributed by atoms with Crippen LogP contribution in [0.5, 0.6) is 11.5 Å². The smallest absolute Gasteiger partial charge is 0.142 e. The predicted octanol–water partition coefficient (Wildman–Crippen LogP) is 5.12. The minimum Gasteiger partial charge on any atom is -0.497 e. The van der Waals surface area contributed by atoms with Gasteiger partial charge in [0.15, 0.2) is 0 Å². The Morgan fingerprint density at radius 2 is 1.62 bits per heavy atom. The molecule has 0 radical (unpaired) electrons. The maximum atomic E-state index is 5.42. The molecule has 3 heteroatoms. The topological polar surface area (TPSA) is 30.5 Å². The van der Waals surface area contributed by atoms with Gasteiger partial charge in [-0.15, -0.1) is 0 Å². The Labute approximate surface area is 146 Å². The molecule has 0 amide bonds. The van der Waals surface area contributed by atoms with Crippen LogP contribution in [0.1, 0.15) is 37.8 Å². The van der Waals surface area contributed by atoms with Crippen molar-refractivity contribution in [2.24, 2.45) is 5.92 Å². The number of anilines is 1. The van der Waals surface area contributed by atoms with Crippen LogP contribution in [0.25, 0.3) is 0 Å². The Morgan fingerprint density at radius 3 is 2.21 bits per heavy atom. The Bertz CT molecular complexity index is 635. The number of ether oxygens (including phenoxy) is 2. The molecule has 0 fully saturated rings. The number of hydrogen-bond donors (Lipinski definition) is 1. The highest BCUT2D eigenvalue weighted by molar-refractivity contribution is 5.60. The van der Waals surface area contributed by atoms with Crippen LogP contribution in [0.3, 0.4) is 0 Å². The lowest BCUT2D eigenvalue weighted by atomic mass is 9.96. The van der Waals surface area contributed by atoms with Crippen molar-refractivity contribution < 1.29 is 9.47 Å². The fourth-order valence-corrected chi connectivity index (χ4v) is 2.79. The van der Waals surface area contributed by atoms with E-state index in [4.69, 9.17) is 9.47 Å². The van der Waals surface area contributed by atoms with Crippen LogP contribution in [0.4, 0.5) is 5.69 Å². The van der Waals surface area contributed by atoms with E-state index in [2.05, 4.69) is 50.4 Å². The van der Waals surface area contributed by atoms with E-state index in [9.17, 15) is 0 Å². The third-order valence-electron chi connectivity index (χ3n) is 4.20. The van der Waals surface area contributed by atoms with E-state index in [0.717, 1.165) is 30.2 Å². The van der Waals surface area contributed by atoms with Gasteiger partial charge in [0.1, 0.15) is 11.5 Å². The van der Waals surface area contributed by atoms with Crippen LogP contribution in [0.2, 0.25) is 0 Å². The van der Waals surface area contributed by atoms with Crippen LogP contribution in [0.15, 0.2) is 42.5 Å². The van der Waals surface area contributed by atoms with Crippen LogP contribution < -0.4 is 14.8 Å². The van der Waals surface area contributed by atoms with Crippen LogP contribution in [-0.4, -0.2) is 20.8 Å². The highest BCUT2D eigenvalue weighted by Crippen LogP contribution is 2.29. The van der Waals surface area contributed by atoms with Gasteiger partial charge in [0.2, 0.25) is 0 Å². The van der Waals surface area contributed by atoms with Gasteiger partial charge in [-0.1, -0.05) is 45.0 Å². The molecular weight excluding hydrogens is 298 g/mol. The molecule has 0 spiro atoms. The number of rotatable bonds is 8. The van der Waals surface area contributed by atoms with Crippen molar-refractivity contribution >= 4 is 5.69 Å². The van der Waals surface area contributed by atoms with E-state index < -0.39 is 0 Å². The first-order valence-corrected chi connectivity index (χ1v) is 8.58. The van der Waals surface area contributed by atoms with E-state index in [1.165, 1.54) is 11.1 Å². The van der Waals surface area contributed by atoms with Crippen molar-refractivity contribution in [3.8, 4) is 11.5 Å². The van der Waals surface area contributed by atoms with Gasteiger partial charge in [-0.3, -0.25) is 0 Å². The first kappa shape index (κ1) is 18.2. The molecule has 2 rings (SSSR count). The lowest BCUT2D eigenvalue weighted by molar-refractivity contribution is 0.404. The summed E-state index contributed by atoms with van der Waals surface area (Å²) < 4.78 is 10.7. The highest BCUT2D eigenvalue weighted by atomic mass is 16.5. The largest absolute Gasteiger partial charge is 0.497 e. The number of methoxy groups -OCH3 is 2. The van der Waals surface area contributed by atoms with Gasteiger partial charge in [-0.25, -0.2) is 0 Å². The molecular formula is C21H29NO2. The summed E-state index contributed by atoms with van der Waals surface area (Å²) in [6.07, 6.45) is 1.13. The highest BCUT2D eigenvalue weighted by Gasteiger charge is 2.09. The molecule has 3 nitrogen and oxygen atoms in total. The molecule has 1 N–H and O–H groups in total. The Balaban J connectivity index is 2.01. The number of benzene rings is 2. The zero-order chi connectivity index (χ0) is 17.5. The fourth-order valence-electron chi connectivity index (χ4n) is 2.79. The molecule has 2 aromatic carbocycles. The second-order valence-electron chi connectivity index (χ2n) is 6.69. The molecule has 0 bridgehead atoms. The number of hydrogen-bond acceptors (Lipinski definition) is 3. The summed E-state index contributed by atoms with van der Waals surface area (Å²) in [5.74, 6) is 2.75. The van der Waals surface area contributed by atoms with E-state index in [1.807, 2.05) is 18.2 Å². The third kappa shape index (κ3) is 4.92. The van der Waals surface area contributed by atoms with Crippen molar-refractivity contribution in [3.05, 3.63) is 53.6 Å². The Morgan fingerprint density at radius 1 is 0.917 bits per heavy atom. The Hall–Kier alpha value is -2.16. The maximum Gasteiger partial charge on any atom is 0.142 e. The zero-order valence-corrected chi connectivity index (χ0v) is 15.4. The van der Waals surface area contributed by atoms with E-state index in [-0.39, 0.29) is 0 Å². The molecule has 0 aromatic heterocycles. The molecule has 130 valence electrons. The third-order valence-corrected chi connectivity index (χ3v) is 4.20. The number of nitrogens with one attached hydrogen (secondary N) is 1. The summed E-state index contributed by atoms with van der Waals surface area (Å²) in [5.41, 5.74) is 3.71. The fraction of sp³-hybridized carbons (Fsp3) is 0.429. The van der Waals surface area contributed by atoms with Gasteiger partial charge >= 0.3 is 0 Å². The lowest BCUT2D eigenvalue weighted by Crippen LogP contribution is -2.11. The van der Waals surface area contributed by atoms with Crippen molar-refractivity contribution in [1.82, 2.24) is 0 Å². The molecule has 0 aliphatic rings. The van der Waals surface area contributed by atoms with Gasteiger partial charge < -0.3 is 14.8 Å². The summed E-state index contributed by atoms with van der Waals surface area (Å²) in [6, 6.07) is 14.8. The first-order valence-electron chi connectivity index (χ1n) is 8.58. The van der Waals surface area contributed by atoms with Gasteiger partial charge in [0.25, 0.3) is 0 Å². The monoisotopic (exact) mass is 327 g/mol. The summed E-state index contributed by atoms with van der Waals surface area (Å²) in [4.78, 5) is 0. The second kappa shape index (κ2) is 8.62. The second-order valence-corrected chi connectivity index (χ2v) is 6.69. The molecule has 1 unspecified atom stereocenters. The zero-order valence-electron chi connectivity index (χ0n) is 15.4. The van der Waals surface area contributed by atoms with Crippen LogP contribution >= 0.6 is 0 Å². The average molecular weight is 327 g/mol. The van der Waals surface area contributed by atoms with Crippen molar-refractivity contribution in [2.45, 2.75) is 33.1 Å². The van der Waals surface area contributed by atoms with Gasteiger partial charge in [-0.05, 0) is 41.5 Å². The lowest BCUT2D eigenvalue weighted by Gasteiger charge is -2.17. The quantitative estimate of drug-likeness (QED) is 0.730. The SMILES string of the molecule is COc1ccc(OC)c(NCC(C)c2ccc(CC(C)C)cc2)c1. The molecule has 0 saturated heterocycles. The summed E-state index contributed by atoms with van der Waals surface area (Å²) >= 11 is 0. The molecule has 24 heavy (non-hydrogen) atoms. The van der Waals surface area contributed by atoms with Gasteiger partial charge in [-0.2, -0.15) is 0 Å². The van der Waals surface area contributed by atoms with Crippen LogP contribution in [-0.2, 0) is 6.42 Å².